The molecule has 3 aliphatic rings. The first-order valence-electron chi connectivity index (χ1n) is 15.3. The van der Waals surface area contributed by atoms with Gasteiger partial charge in [-0.3, -0.25) is 19.3 Å². The molecular formula is C35H38N4O5. The number of carbonyl (C=O) groups is 3. The van der Waals surface area contributed by atoms with Crippen LogP contribution in [0.2, 0.25) is 0 Å². The normalized spacial score (nSPS) is 23.5. The summed E-state index contributed by atoms with van der Waals surface area (Å²) in [5.74, 6) is -1.49. The standard InChI is InChI=1S/C35H38N4O5/c1-23(9-7-15-32(41)38-21-25-11-6-5-10-24(25)19-28(38)22-40)35(44)29-20-26(37-33(42)30-14-8-18-36-30)16-17-31(29)39(34(35)43)27-12-3-2-4-13-27/h2-7,9-13,16-17,20,23,28,30,36,40,44H,8,14-15,18-19,21-22H2,1H3,(H,37,42)/b9-7+/t23-,28-,30+,35+/m0/s1. The zero-order valence-corrected chi connectivity index (χ0v) is 24.8. The van der Waals surface area contributed by atoms with Gasteiger partial charge in [-0.15, -0.1) is 0 Å². The van der Waals surface area contributed by atoms with Gasteiger partial charge in [0.2, 0.25) is 11.8 Å². The molecule has 3 amide bonds. The molecule has 4 N–H and O–H groups in total. The lowest BCUT2D eigenvalue weighted by Crippen LogP contribution is -2.46. The van der Waals surface area contributed by atoms with Crippen molar-refractivity contribution in [1.82, 2.24) is 10.2 Å². The minimum Gasteiger partial charge on any atom is -0.394 e. The average molecular weight is 595 g/mol. The van der Waals surface area contributed by atoms with Crippen LogP contribution < -0.4 is 15.5 Å². The molecule has 0 bridgehead atoms. The van der Waals surface area contributed by atoms with Crippen molar-refractivity contribution >= 4 is 34.8 Å². The fraction of sp³-hybridized carbons (Fsp3) is 0.343. The second-order valence-corrected chi connectivity index (χ2v) is 11.9. The highest BCUT2D eigenvalue weighted by molar-refractivity contribution is 6.12. The molecule has 0 aliphatic carbocycles. The molecule has 3 aromatic rings. The molecule has 3 heterocycles. The second kappa shape index (κ2) is 12.4. The molecule has 0 aromatic heterocycles. The number of amides is 3. The Hall–Kier alpha value is -4.31. The molecule has 4 atom stereocenters. The average Bonchev–Trinajstić information content (AvgIpc) is 3.67. The van der Waals surface area contributed by atoms with Gasteiger partial charge in [0.25, 0.3) is 5.91 Å². The Bertz CT molecular complexity index is 1580. The van der Waals surface area contributed by atoms with Crippen LogP contribution in [0.15, 0.2) is 84.9 Å². The van der Waals surface area contributed by atoms with E-state index in [1.807, 2.05) is 54.6 Å². The molecule has 6 rings (SSSR count). The number of benzene rings is 3. The lowest BCUT2D eigenvalue weighted by atomic mass is 9.82. The predicted octanol–water partition coefficient (Wildman–Crippen LogP) is 3.77. The monoisotopic (exact) mass is 594 g/mol. The summed E-state index contributed by atoms with van der Waals surface area (Å²) in [7, 11) is 0. The summed E-state index contributed by atoms with van der Waals surface area (Å²) in [5, 5.41) is 28.3. The van der Waals surface area contributed by atoms with Crippen LogP contribution in [0.5, 0.6) is 0 Å². The van der Waals surface area contributed by atoms with Crippen LogP contribution in [0, 0.1) is 5.92 Å². The Balaban J connectivity index is 1.25. The molecule has 9 heteroatoms. The third-order valence-electron chi connectivity index (χ3n) is 9.10. The maximum absolute atomic E-state index is 14.1. The molecule has 0 spiro atoms. The topological polar surface area (TPSA) is 122 Å². The number of aliphatic hydroxyl groups is 2. The SMILES string of the molecule is C[C@@H](/C=C/CC(=O)N1Cc2ccccc2C[C@H]1CO)[C@]1(O)C(=O)N(c2ccccc2)c2ccc(NC(=O)[C@H]3CCCN3)cc21. The maximum atomic E-state index is 14.1. The maximum Gasteiger partial charge on any atom is 0.268 e. The molecule has 0 radical (unpaired) electrons. The van der Waals surface area contributed by atoms with Crippen LogP contribution in [0.4, 0.5) is 17.1 Å². The summed E-state index contributed by atoms with van der Waals surface area (Å²) >= 11 is 0. The molecular weight excluding hydrogens is 556 g/mol. The van der Waals surface area contributed by atoms with Crippen LogP contribution in [0.3, 0.4) is 0 Å². The number of rotatable bonds is 8. The number of nitrogens with zero attached hydrogens (tertiary/aromatic N) is 2. The van der Waals surface area contributed by atoms with Crippen molar-refractivity contribution in [2.75, 3.05) is 23.4 Å². The number of aliphatic hydroxyl groups excluding tert-OH is 1. The third kappa shape index (κ3) is 5.43. The molecule has 1 saturated heterocycles. The van der Waals surface area contributed by atoms with Crippen LogP contribution in [0.1, 0.15) is 42.9 Å². The Morgan fingerprint density at radius 3 is 2.57 bits per heavy atom. The summed E-state index contributed by atoms with van der Waals surface area (Å²) in [5.41, 5.74) is 2.31. The first kappa shape index (κ1) is 29.7. The van der Waals surface area contributed by atoms with E-state index in [2.05, 4.69) is 10.6 Å². The first-order valence-corrected chi connectivity index (χ1v) is 15.3. The van der Waals surface area contributed by atoms with E-state index in [0.29, 0.717) is 35.6 Å². The number of fused-ring (bicyclic) bond motifs is 2. The fourth-order valence-corrected chi connectivity index (χ4v) is 6.59. The van der Waals surface area contributed by atoms with E-state index in [-0.39, 0.29) is 36.9 Å². The van der Waals surface area contributed by atoms with Gasteiger partial charge in [0.1, 0.15) is 0 Å². The number of para-hydroxylation sites is 1. The molecule has 3 aliphatic heterocycles. The Morgan fingerprint density at radius 1 is 1.09 bits per heavy atom. The largest absolute Gasteiger partial charge is 0.394 e. The summed E-state index contributed by atoms with van der Waals surface area (Å²) in [6, 6.07) is 21.7. The molecule has 9 nitrogen and oxygen atoms in total. The van der Waals surface area contributed by atoms with Gasteiger partial charge in [-0.05, 0) is 67.3 Å². The zero-order valence-electron chi connectivity index (χ0n) is 24.8. The van der Waals surface area contributed by atoms with Gasteiger partial charge in [-0.2, -0.15) is 0 Å². The molecule has 0 saturated carbocycles. The molecule has 228 valence electrons. The number of carbonyl (C=O) groups excluding carboxylic acids is 3. The van der Waals surface area contributed by atoms with E-state index in [9.17, 15) is 24.6 Å². The highest BCUT2D eigenvalue weighted by Gasteiger charge is 2.53. The van der Waals surface area contributed by atoms with E-state index >= 15 is 0 Å². The lowest BCUT2D eigenvalue weighted by molar-refractivity contribution is -0.138. The summed E-state index contributed by atoms with van der Waals surface area (Å²) in [4.78, 5) is 43.4. The molecule has 3 aromatic carbocycles. The summed E-state index contributed by atoms with van der Waals surface area (Å²) in [6.45, 7) is 2.84. The Morgan fingerprint density at radius 2 is 1.84 bits per heavy atom. The van der Waals surface area contributed by atoms with Crippen molar-refractivity contribution in [2.45, 2.75) is 56.8 Å². The molecule has 44 heavy (non-hydrogen) atoms. The van der Waals surface area contributed by atoms with E-state index < -0.39 is 17.4 Å². The van der Waals surface area contributed by atoms with E-state index in [1.165, 1.54) is 4.90 Å². The summed E-state index contributed by atoms with van der Waals surface area (Å²) in [6.07, 6.45) is 5.73. The van der Waals surface area contributed by atoms with Crippen molar-refractivity contribution in [3.63, 3.8) is 0 Å². The number of hydrogen-bond donors (Lipinski definition) is 4. The Kier molecular flexibility index (Phi) is 8.35. The molecule has 1 fully saturated rings. The molecule has 0 unspecified atom stereocenters. The van der Waals surface area contributed by atoms with Gasteiger partial charge < -0.3 is 25.7 Å². The van der Waals surface area contributed by atoms with Crippen molar-refractivity contribution in [3.8, 4) is 0 Å². The van der Waals surface area contributed by atoms with Gasteiger partial charge in [0.05, 0.1) is 24.4 Å². The number of nitrogens with one attached hydrogen (secondary N) is 2. The lowest BCUT2D eigenvalue weighted by Gasteiger charge is -2.36. The highest BCUT2D eigenvalue weighted by atomic mass is 16.3. The summed E-state index contributed by atoms with van der Waals surface area (Å²) < 4.78 is 0. The van der Waals surface area contributed by atoms with E-state index in [0.717, 1.165) is 30.5 Å². The van der Waals surface area contributed by atoms with Crippen molar-refractivity contribution in [1.29, 1.82) is 0 Å². The van der Waals surface area contributed by atoms with Crippen LogP contribution >= 0.6 is 0 Å². The fourth-order valence-electron chi connectivity index (χ4n) is 6.59. The minimum atomic E-state index is -1.94. The van der Waals surface area contributed by atoms with Crippen molar-refractivity contribution in [3.05, 3.63) is 102 Å². The predicted molar refractivity (Wildman–Crippen MR) is 168 cm³/mol. The van der Waals surface area contributed by atoms with Crippen LogP contribution in [-0.2, 0) is 33.0 Å². The van der Waals surface area contributed by atoms with Gasteiger partial charge in [-0.25, -0.2) is 0 Å². The quantitative estimate of drug-likeness (QED) is 0.295. The smallest absolute Gasteiger partial charge is 0.268 e. The Labute approximate surface area is 257 Å². The van der Waals surface area contributed by atoms with E-state index in [4.69, 9.17) is 0 Å². The third-order valence-corrected chi connectivity index (χ3v) is 9.10. The zero-order chi connectivity index (χ0) is 30.8. The van der Waals surface area contributed by atoms with Gasteiger partial charge in [0.15, 0.2) is 5.60 Å². The van der Waals surface area contributed by atoms with Gasteiger partial charge >= 0.3 is 0 Å². The highest BCUT2D eigenvalue weighted by Crippen LogP contribution is 2.49. The van der Waals surface area contributed by atoms with Crippen molar-refractivity contribution in [2.24, 2.45) is 5.92 Å². The van der Waals surface area contributed by atoms with Gasteiger partial charge in [0, 0.05) is 35.8 Å². The first-order chi connectivity index (χ1) is 21.3. The second-order valence-electron chi connectivity index (χ2n) is 11.9. The van der Waals surface area contributed by atoms with Crippen LogP contribution in [0.25, 0.3) is 0 Å². The van der Waals surface area contributed by atoms with Crippen LogP contribution in [-0.4, -0.2) is 58.1 Å². The number of hydrogen-bond acceptors (Lipinski definition) is 6. The van der Waals surface area contributed by atoms with Gasteiger partial charge in [-0.1, -0.05) is 61.5 Å². The van der Waals surface area contributed by atoms with Crippen molar-refractivity contribution < 1.29 is 24.6 Å². The number of anilines is 3. The van der Waals surface area contributed by atoms with E-state index in [1.54, 1.807) is 42.2 Å². The minimum absolute atomic E-state index is 0.0625.